The summed E-state index contributed by atoms with van der Waals surface area (Å²) in [6, 6.07) is 0.361. The molecule has 1 rings (SSSR count). The number of likely N-dealkylation sites (N-methyl/N-ethyl adjacent to an activating group) is 2. The zero-order valence-electron chi connectivity index (χ0n) is 13.6. The summed E-state index contributed by atoms with van der Waals surface area (Å²) in [7, 11) is 4.08. The van der Waals surface area contributed by atoms with Crippen LogP contribution in [0.5, 0.6) is 0 Å². The Hall–Kier alpha value is -0.650. The van der Waals surface area contributed by atoms with Crippen LogP contribution in [0.2, 0.25) is 0 Å². The first-order valence-corrected chi connectivity index (χ1v) is 7.70. The van der Waals surface area contributed by atoms with E-state index >= 15 is 0 Å². The van der Waals surface area contributed by atoms with E-state index in [0.717, 1.165) is 19.5 Å². The zero-order chi connectivity index (χ0) is 15.1. The Kier molecular flexibility index (Phi) is 7.48. The maximum Gasteiger partial charge on any atom is 0.227 e. The molecule has 118 valence electrons. The molecule has 0 radical (unpaired) electrons. The molecule has 1 saturated heterocycles. The van der Waals surface area contributed by atoms with E-state index in [2.05, 4.69) is 36.3 Å². The van der Waals surface area contributed by atoms with Crippen LogP contribution < -0.4 is 10.6 Å². The molecule has 2 N–H and O–H groups in total. The average molecular weight is 285 g/mol. The Morgan fingerprint density at radius 2 is 2.05 bits per heavy atom. The minimum Gasteiger partial charge on any atom is -0.379 e. The van der Waals surface area contributed by atoms with Gasteiger partial charge in [0.2, 0.25) is 5.91 Å². The Morgan fingerprint density at radius 1 is 1.35 bits per heavy atom. The summed E-state index contributed by atoms with van der Waals surface area (Å²) in [6.45, 7) is 9.34. The van der Waals surface area contributed by atoms with Gasteiger partial charge in [0.25, 0.3) is 0 Å². The molecule has 0 bridgehead atoms. The van der Waals surface area contributed by atoms with Crippen molar-refractivity contribution in [1.29, 1.82) is 0 Å². The quantitative estimate of drug-likeness (QED) is 0.689. The van der Waals surface area contributed by atoms with Crippen molar-refractivity contribution in [3.63, 3.8) is 0 Å². The third-order valence-electron chi connectivity index (χ3n) is 3.57. The highest BCUT2D eigenvalue weighted by Crippen LogP contribution is 2.15. The molecule has 0 aromatic rings. The van der Waals surface area contributed by atoms with Crippen LogP contribution in [0.1, 0.15) is 27.2 Å². The maximum atomic E-state index is 12.5. The van der Waals surface area contributed by atoms with Crippen LogP contribution in [-0.4, -0.2) is 63.3 Å². The number of nitrogens with one attached hydrogen (secondary N) is 2. The number of carbonyl (C=O) groups is 1. The molecule has 0 aliphatic carbocycles. The minimum absolute atomic E-state index is 0.0632. The van der Waals surface area contributed by atoms with Gasteiger partial charge in [0, 0.05) is 18.6 Å². The fourth-order valence-electron chi connectivity index (χ4n) is 2.77. The van der Waals surface area contributed by atoms with Gasteiger partial charge in [-0.2, -0.15) is 0 Å². The van der Waals surface area contributed by atoms with Gasteiger partial charge in [0.05, 0.1) is 19.1 Å². The van der Waals surface area contributed by atoms with Gasteiger partial charge < -0.3 is 20.3 Å². The predicted molar refractivity (Wildman–Crippen MR) is 81.7 cm³/mol. The average Bonchev–Trinajstić information content (AvgIpc) is 2.75. The monoisotopic (exact) mass is 285 g/mol. The maximum absolute atomic E-state index is 12.5. The van der Waals surface area contributed by atoms with Crippen LogP contribution >= 0.6 is 0 Å². The van der Waals surface area contributed by atoms with Gasteiger partial charge in [-0.25, -0.2) is 0 Å². The van der Waals surface area contributed by atoms with Gasteiger partial charge >= 0.3 is 0 Å². The molecule has 5 nitrogen and oxygen atoms in total. The highest BCUT2D eigenvalue weighted by molar-refractivity contribution is 5.80. The second kappa shape index (κ2) is 8.60. The van der Waals surface area contributed by atoms with E-state index in [0.29, 0.717) is 19.1 Å². The molecular formula is C15H31N3O2. The molecule has 1 fully saturated rings. The Morgan fingerprint density at radius 3 is 2.60 bits per heavy atom. The number of rotatable bonds is 8. The minimum atomic E-state index is -0.0632. The second-order valence-electron chi connectivity index (χ2n) is 6.41. The highest BCUT2D eigenvalue weighted by Gasteiger charge is 2.34. The molecule has 20 heavy (non-hydrogen) atoms. The molecule has 0 spiro atoms. The van der Waals surface area contributed by atoms with Crippen molar-refractivity contribution in [1.82, 2.24) is 15.5 Å². The van der Waals surface area contributed by atoms with Crippen molar-refractivity contribution < 1.29 is 9.53 Å². The van der Waals surface area contributed by atoms with E-state index in [-0.39, 0.29) is 23.9 Å². The van der Waals surface area contributed by atoms with E-state index in [1.54, 1.807) is 0 Å². The lowest BCUT2D eigenvalue weighted by atomic mass is 9.99. The zero-order valence-corrected chi connectivity index (χ0v) is 13.6. The molecule has 0 aromatic heterocycles. The fraction of sp³-hybridized carbons (Fsp3) is 0.933. The lowest BCUT2D eigenvalue weighted by Gasteiger charge is -2.26. The molecule has 3 unspecified atom stereocenters. The van der Waals surface area contributed by atoms with Gasteiger partial charge in [-0.15, -0.1) is 0 Å². The molecule has 1 aliphatic rings. The lowest BCUT2D eigenvalue weighted by Crippen LogP contribution is -2.49. The van der Waals surface area contributed by atoms with Gasteiger partial charge in [-0.3, -0.25) is 4.79 Å². The van der Waals surface area contributed by atoms with Crippen molar-refractivity contribution in [2.75, 3.05) is 40.4 Å². The van der Waals surface area contributed by atoms with Crippen molar-refractivity contribution in [3.05, 3.63) is 0 Å². The SMILES string of the molecule is CCNC1COCC1C(=O)NC(CC(C)C)CN(C)C. The van der Waals surface area contributed by atoms with Gasteiger partial charge in [0.15, 0.2) is 0 Å². The first-order chi connectivity index (χ1) is 9.43. The summed E-state index contributed by atoms with van der Waals surface area (Å²) in [5.41, 5.74) is 0. The third-order valence-corrected chi connectivity index (χ3v) is 3.57. The third kappa shape index (κ3) is 5.77. The molecule has 1 heterocycles. The summed E-state index contributed by atoms with van der Waals surface area (Å²) in [5, 5.41) is 6.54. The number of carbonyl (C=O) groups excluding carboxylic acids is 1. The Balaban J connectivity index is 2.55. The van der Waals surface area contributed by atoms with Gasteiger partial charge in [-0.05, 0) is 33.0 Å². The summed E-state index contributed by atoms with van der Waals surface area (Å²) in [5.74, 6) is 0.636. The van der Waals surface area contributed by atoms with E-state index in [9.17, 15) is 4.79 Å². The van der Waals surface area contributed by atoms with Crippen molar-refractivity contribution in [2.24, 2.45) is 11.8 Å². The van der Waals surface area contributed by atoms with Crippen LogP contribution in [0, 0.1) is 11.8 Å². The largest absolute Gasteiger partial charge is 0.379 e. The molecule has 1 amide bonds. The number of hydrogen-bond donors (Lipinski definition) is 2. The number of amides is 1. The molecule has 3 atom stereocenters. The fourth-order valence-corrected chi connectivity index (χ4v) is 2.77. The van der Waals surface area contributed by atoms with Crippen LogP contribution in [0.3, 0.4) is 0 Å². The molecule has 5 heteroatoms. The van der Waals surface area contributed by atoms with E-state index in [1.165, 1.54) is 0 Å². The van der Waals surface area contributed by atoms with E-state index in [4.69, 9.17) is 4.74 Å². The number of nitrogens with zero attached hydrogens (tertiary/aromatic N) is 1. The molecular weight excluding hydrogens is 254 g/mol. The normalized spacial score (nSPS) is 24.4. The number of ether oxygens (including phenoxy) is 1. The molecule has 1 aliphatic heterocycles. The van der Waals surface area contributed by atoms with Crippen LogP contribution in [-0.2, 0) is 9.53 Å². The van der Waals surface area contributed by atoms with Crippen LogP contribution in [0.15, 0.2) is 0 Å². The van der Waals surface area contributed by atoms with Crippen LogP contribution in [0.4, 0.5) is 0 Å². The van der Waals surface area contributed by atoms with Gasteiger partial charge in [0.1, 0.15) is 0 Å². The van der Waals surface area contributed by atoms with Crippen molar-refractivity contribution in [3.8, 4) is 0 Å². The predicted octanol–water partition coefficient (Wildman–Crippen LogP) is 0.703. The van der Waals surface area contributed by atoms with Crippen LogP contribution in [0.25, 0.3) is 0 Å². The van der Waals surface area contributed by atoms with E-state index < -0.39 is 0 Å². The first kappa shape index (κ1) is 17.4. The second-order valence-corrected chi connectivity index (χ2v) is 6.41. The van der Waals surface area contributed by atoms with Crippen molar-refractivity contribution in [2.45, 2.75) is 39.3 Å². The van der Waals surface area contributed by atoms with Gasteiger partial charge in [-0.1, -0.05) is 20.8 Å². The molecule has 0 saturated carbocycles. The first-order valence-electron chi connectivity index (χ1n) is 7.70. The van der Waals surface area contributed by atoms with E-state index in [1.807, 2.05) is 14.1 Å². The van der Waals surface area contributed by atoms with Crippen molar-refractivity contribution >= 4 is 5.91 Å². The summed E-state index contributed by atoms with van der Waals surface area (Å²) in [6.07, 6.45) is 1.00. The standard InChI is InChI=1S/C15H31N3O2/c1-6-16-14-10-20-9-13(14)15(19)17-12(7-11(2)3)8-18(4)5/h11-14,16H,6-10H2,1-5H3,(H,17,19). The highest BCUT2D eigenvalue weighted by atomic mass is 16.5. The summed E-state index contributed by atoms with van der Waals surface area (Å²) in [4.78, 5) is 14.6. The summed E-state index contributed by atoms with van der Waals surface area (Å²) < 4.78 is 5.45. The summed E-state index contributed by atoms with van der Waals surface area (Å²) >= 11 is 0. The number of hydrogen-bond acceptors (Lipinski definition) is 4. The lowest BCUT2D eigenvalue weighted by molar-refractivity contribution is -0.126. The smallest absolute Gasteiger partial charge is 0.227 e. The Labute approximate surface area is 123 Å². The topological polar surface area (TPSA) is 53.6 Å². The molecule has 0 aromatic carbocycles. The Bertz CT molecular complexity index is 285.